The summed E-state index contributed by atoms with van der Waals surface area (Å²) in [4.78, 5) is 13.4. The summed E-state index contributed by atoms with van der Waals surface area (Å²) >= 11 is 0. The molecule has 0 radical (unpaired) electrons. The summed E-state index contributed by atoms with van der Waals surface area (Å²) in [5.41, 5.74) is 0. The maximum Gasteiger partial charge on any atom is 0.307 e. The Hall–Kier alpha value is -0.570. The Kier molecular flexibility index (Phi) is 5.96. The molecule has 3 heteroatoms. The van der Waals surface area contributed by atoms with Gasteiger partial charge in [-0.05, 0) is 45.2 Å². The molecule has 1 N–H and O–H groups in total. The second-order valence-electron chi connectivity index (χ2n) is 5.49. The second-order valence-corrected chi connectivity index (χ2v) is 5.49. The molecule has 0 spiro atoms. The molecule has 0 amide bonds. The van der Waals surface area contributed by atoms with E-state index in [9.17, 15) is 4.79 Å². The molecule has 17 heavy (non-hydrogen) atoms. The predicted molar refractivity (Wildman–Crippen MR) is 70.1 cm³/mol. The Morgan fingerprint density at radius 3 is 2.65 bits per heavy atom. The van der Waals surface area contributed by atoms with Crippen LogP contribution in [0.5, 0.6) is 0 Å². The molecule has 3 nitrogen and oxygen atoms in total. The number of carbonyl (C=O) groups is 1. The molecule has 3 atom stereocenters. The maximum atomic E-state index is 11.0. The van der Waals surface area contributed by atoms with Gasteiger partial charge in [-0.2, -0.15) is 0 Å². The van der Waals surface area contributed by atoms with Crippen molar-refractivity contribution in [2.24, 2.45) is 11.8 Å². The molecule has 0 bridgehead atoms. The first-order valence-electron chi connectivity index (χ1n) is 7.03. The molecule has 100 valence electrons. The molecule has 0 saturated carbocycles. The minimum atomic E-state index is -0.674. The summed E-state index contributed by atoms with van der Waals surface area (Å²) in [6, 6.07) is 0.160. The van der Waals surface area contributed by atoms with Gasteiger partial charge < -0.3 is 5.11 Å². The minimum Gasteiger partial charge on any atom is -0.481 e. The zero-order valence-electron chi connectivity index (χ0n) is 11.5. The Labute approximate surface area is 105 Å². The lowest BCUT2D eigenvalue weighted by Gasteiger charge is -2.30. The van der Waals surface area contributed by atoms with Crippen LogP contribution in [-0.4, -0.2) is 35.1 Å². The summed E-state index contributed by atoms with van der Waals surface area (Å²) in [7, 11) is 0. The van der Waals surface area contributed by atoms with E-state index >= 15 is 0 Å². The van der Waals surface area contributed by atoms with Gasteiger partial charge in [0, 0.05) is 6.04 Å². The van der Waals surface area contributed by atoms with Crippen LogP contribution in [0.2, 0.25) is 0 Å². The average molecular weight is 241 g/mol. The number of rotatable bonds is 5. The van der Waals surface area contributed by atoms with E-state index in [4.69, 9.17) is 5.11 Å². The highest BCUT2D eigenvalue weighted by Crippen LogP contribution is 2.24. The lowest BCUT2D eigenvalue weighted by Crippen LogP contribution is -2.41. The molecule has 1 heterocycles. The number of nitrogens with zero attached hydrogens (tertiary/aromatic N) is 1. The Morgan fingerprint density at radius 1 is 1.35 bits per heavy atom. The fourth-order valence-electron chi connectivity index (χ4n) is 2.81. The normalized spacial score (nSPS) is 26.2. The molecule has 1 aliphatic heterocycles. The van der Waals surface area contributed by atoms with Gasteiger partial charge in [-0.25, -0.2) is 0 Å². The van der Waals surface area contributed by atoms with Gasteiger partial charge in [-0.15, -0.1) is 0 Å². The van der Waals surface area contributed by atoms with Gasteiger partial charge in [0.1, 0.15) is 0 Å². The highest BCUT2D eigenvalue weighted by Gasteiger charge is 2.27. The van der Waals surface area contributed by atoms with E-state index in [0.717, 1.165) is 19.0 Å². The third kappa shape index (κ3) is 4.30. The molecule has 1 aliphatic rings. The fourth-order valence-corrected chi connectivity index (χ4v) is 2.81. The third-order valence-electron chi connectivity index (χ3n) is 4.27. The van der Waals surface area contributed by atoms with Gasteiger partial charge in [0.2, 0.25) is 0 Å². The van der Waals surface area contributed by atoms with E-state index in [-0.39, 0.29) is 12.0 Å². The number of hydrogen-bond donors (Lipinski definition) is 1. The monoisotopic (exact) mass is 241 g/mol. The molecule has 1 rings (SSSR count). The molecular weight excluding hydrogens is 214 g/mol. The Morgan fingerprint density at radius 2 is 2.06 bits per heavy atom. The molecule has 3 unspecified atom stereocenters. The second kappa shape index (κ2) is 7.00. The standard InChI is InChI=1S/C14H27NO2/c1-4-6-13-7-5-9-15(10-8-13)12(3)11(2)14(16)17/h11-13H,4-10H2,1-3H3,(H,16,17). The summed E-state index contributed by atoms with van der Waals surface area (Å²) in [6.07, 6.45) is 6.38. The van der Waals surface area contributed by atoms with Gasteiger partial charge in [-0.1, -0.05) is 26.7 Å². The van der Waals surface area contributed by atoms with Gasteiger partial charge in [-0.3, -0.25) is 9.69 Å². The van der Waals surface area contributed by atoms with Gasteiger partial charge in [0.05, 0.1) is 5.92 Å². The number of likely N-dealkylation sites (tertiary alicyclic amines) is 1. The van der Waals surface area contributed by atoms with Crippen LogP contribution >= 0.6 is 0 Å². The zero-order chi connectivity index (χ0) is 12.8. The van der Waals surface area contributed by atoms with Crippen molar-refractivity contribution in [1.82, 2.24) is 4.90 Å². The molecule has 0 aromatic rings. The van der Waals surface area contributed by atoms with Crippen LogP contribution in [0, 0.1) is 11.8 Å². The van der Waals surface area contributed by atoms with Crippen molar-refractivity contribution in [3.8, 4) is 0 Å². The van der Waals surface area contributed by atoms with Gasteiger partial charge in [0.15, 0.2) is 0 Å². The summed E-state index contributed by atoms with van der Waals surface area (Å²) < 4.78 is 0. The first-order chi connectivity index (χ1) is 8.06. The van der Waals surface area contributed by atoms with Crippen molar-refractivity contribution in [3.05, 3.63) is 0 Å². The first kappa shape index (κ1) is 14.5. The molecular formula is C14H27NO2. The van der Waals surface area contributed by atoms with Gasteiger partial charge in [0.25, 0.3) is 0 Å². The predicted octanol–water partition coefficient (Wildman–Crippen LogP) is 3.00. The topological polar surface area (TPSA) is 40.5 Å². The fraction of sp³-hybridized carbons (Fsp3) is 0.929. The lowest BCUT2D eigenvalue weighted by atomic mass is 9.96. The highest BCUT2D eigenvalue weighted by atomic mass is 16.4. The summed E-state index contributed by atoms with van der Waals surface area (Å²) in [5, 5.41) is 9.06. The summed E-state index contributed by atoms with van der Waals surface area (Å²) in [5.74, 6) is -0.0816. The third-order valence-corrected chi connectivity index (χ3v) is 4.27. The Balaban J connectivity index is 2.47. The maximum absolute atomic E-state index is 11.0. The first-order valence-corrected chi connectivity index (χ1v) is 7.03. The lowest BCUT2D eigenvalue weighted by molar-refractivity contribution is -0.143. The largest absolute Gasteiger partial charge is 0.481 e. The molecule has 1 saturated heterocycles. The van der Waals surface area contributed by atoms with Crippen LogP contribution in [0.15, 0.2) is 0 Å². The SMILES string of the molecule is CCCC1CCCN(C(C)C(C)C(=O)O)CC1. The molecule has 0 aromatic carbocycles. The summed E-state index contributed by atoms with van der Waals surface area (Å²) in [6.45, 7) is 8.26. The molecule has 0 aliphatic carbocycles. The van der Waals surface area contributed by atoms with Crippen LogP contribution in [0.3, 0.4) is 0 Å². The van der Waals surface area contributed by atoms with E-state index in [2.05, 4.69) is 18.7 Å². The van der Waals surface area contributed by atoms with Crippen molar-refractivity contribution < 1.29 is 9.90 Å². The van der Waals surface area contributed by atoms with Crippen molar-refractivity contribution in [2.45, 2.75) is 58.9 Å². The van der Waals surface area contributed by atoms with E-state index in [0.29, 0.717) is 0 Å². The zero-order valence-corrected chi connectivity index (χ0v) is 11.5. The van der Waals surface area contributed by atoms with Crippen LogP contribution in [0.4, 0.5) is 0 Å². The average Bonchev–Trinajstić information content (AvgIpc) is 2.53. The van der Waals surface area contributed by atoms with Crippen molar-refractivity contribution in [1.29, 1.82) is 0 Å². The highest BCUT2D eigenvalue weighted by molar-refractivity contribution is 5.70. The van der Waals surface area contributed by atoms with Crippen LogP contribution in [0.1, 0.15) is 52.9 Å². The van der Waals surface area contributed by atoms with Gasteiger partial charge >= 0.3 is 5.97 Å². The van der Waals surface area contributed by atoms with E-state index in [1.54, 1.807) is 0 Å². The van der Waals surface area contributed by atoms with E-state index < -0.39 is 5.97 Å². The van der Waals surface area contributed by atoms with Crippen molar-refractivity contribution >= 4 is 5.97 Å². The van der Waals surface area contributed by atoms with Crippen LogP contribution in [0.25, 0.3) is 0 Å². The van der Waals surface area contributed by atoms with E-state index in [1.807, 2.05) is 6.92 Å². The van der Waals surface area contributed by atoms with Crippen molar-refractivity contribution in [2.75, 3.05) is 13.1 Å². The molecule has 0 aromatic heterocycles. The smallest absolute Gasteiger partial charge is 0.307 e. The number of aliphatic carboxylic acids is 1. The van der Waals surface area contributed by atoms with E-state index in [1.165, 1.54) is 32.1 Å². The van der Waals surface area contributed by atoms with Crippen molar-refractivity contribution in [3.63, 3.8) is 0 Å². The van der Waals surface area contributed by atoms with Crippen LogP contribution in [-0.2, 0) is 4.79 Å². The van der Waals surface area contributed by atoms with Crippen LogP contribution < -0.4 is 0 Å². The quantitative estimate of drug-likeness (QED) is 0.804. The Bertz CT molecular complexity index is 242. The number of carboxylic acid groups (broad SMARTS) is 1. The number of hydrogen-bond acceptors (Lipinski definition) is 2. The minimum absolute atomic E-state index is 0.160. The number of carboxylic acids is 1. The molecule has 1 fully saturated rings.